The molecule has 148 valence electrons. The van der Waals surface area contributed by atoms with Crippen LogP contribution in [0.5, 0.6) is 5.75 Å². The highest BCUT2D eigenvalue weighted by molar-refractivity contribution is 7.90. The molecule has 0 aromatic heterocycles. The number of methoxy groups -OCH3 is 1. The van der Waals surface area contributed by atoms with Crippen LogP contribution >= 0.6 is 0 Å². The lowest BCUT2D eigenvalue weighted by atomic mass is 10.2. The normalized spacial score (nSPS) is 14.6. The topological polar surface area (TPSA) is 84.0 Å². The van der Waals surface area contributed by atoms with Gasteiger partial charge in [0.2, 0.25) is 5.91 Å². The predicted molar refractivity (Wildman–Crippen MR) is 103 cm³/mol. The molecule has 1 heterocycles. The molecule has 2 aromatic carbocycles. The first-order valence-corrected chi connectivity index (χ1v) is 10.3. The van der Waals surface area contributed by atoms with E-state index < -0.39 is 15.9 Å². The van der Waals surface area contributed by atoms with Crippen molar-refractivity contribution in [2.45, 2.75) is 24.3 Å². The van der Waals surface area contributed by atoms with Gasteiger partial charge in [-0.1, -0.05) is 24.3 Å². The molecule has 28 heavy (non-hydrogen) atoms. The second-order valence-corrected chi connectivity index (χ2v) is 8.41. The monoisotopic (exact) mass is 402 g/mol. The van der Waals surface area contributed by atoms with Crippen molar-refractivity contribution >= 4 is 21.8 Å². The second kappa shape index (κ2) is 8.02. The van der Waals surface area contributed by atoms with Gasteiger partial charge >= 0.3 is 0 Å². The summed E-state index contributed by atoms with van der Waals surface area (Å²) >= 11 is 0. The minimum absolute atomic E-state index is 0.0159. The molecule has 0 unspecified atom stereocenters. The van der Waals surface area contributed by atoms with Crippen LogP contribution in [-0.2, 0) is 21.4 Å². The Hall–Kier alpha value is -2.87. The predicted octanol–water partition coefficient (Wildman–Crippen LogP) is 2.28. The number of ether oxygens (including phenoxy) is 1. The maximum atomic E-state index is 12.5. The van der Waals surface area contributed by atoms with Gasteiger partial charge in [0.1, 0.15) is 10.6 Å². The highest BCUT2D eigenvalue weighted by Crippen LogP contribution is 2.30. The summed E-state index contributed by atoms with van der Waals surface area (Å²) in [5.41, 5.74) is 1.15. The zero-order valence-corrected chi connectivity index (χ0v) is 16.6. The van der Waals surface area contributed by atoms with Gasteiger partial charge in [-0.3, -0.25) is 9.59 Å². The lowest BCUT2D eigenvalue weighted by Gasteiger charge is -2.19. The van der Waals surface area contributed by atoms with Gasteiger partial charge in [-0.25, -0.2) is 12.7 Å². The minimum atomic E-state index is -3.82. The smallest absolute Gasteiger partial charge is 0.269 e. The first-order valence-electron chi connectivity index (χ1n) is 8.87. The van der Waals surface area contributed by atoms with Crippen molar-refractivity contribution in [2.24, 2.45) is 0 Å². The van der Waals surface area contributed by atoms with Crippen LogP contribution in [0.1, 0.15) is 28.8 Å². The van der Waals surface area contributed by atoms with Crippen LogP contribution in [0.4, 0.5) is 0 Å². The maximum Gasteiger partial charge on any atom is 0.269 e. The molecule has 3 rings (SSSR count). The Balaban J connectivity index is 1.54. The van der Waals surface area contributed by atoms with Crippen molar-refractivity contribution in [3.05, 3.63) is 59.7 Å². The summed E-state index contributed by atoms with van der Waals surface area (Å²) < 4.78 is 31.0. The summed E-state index contributed by atoms with van der Waals surface area (Å²) in [6.45, 7) is 0.424. The SMILES string of the molecule is COc1ccc(CN(C)C(=O)CCCN2C(=O)c3ccccc3S2(=O)=O)cc1. The van der Waals surface area contributed by atoms with Gasteiger partial charge in [-0.2, -0.15) is 0 Å². The first-order chi connectivity index (χ1) is 13.3. The van der Waals surface area contributed by atoms with Crippen molar-refractivity contribution < 1.29 is 22.7 Å². The van der Waals surface area contributed by atoms with Crippen LogP contribution in [0, 0.1) is 0 Å². The summed E-state index contributed by atoms with van der Waals surface area (Å²) in [4.78, 5) is 26.3. The highest BCUT2D eigenvalue weighted by Gasteiger charge is 2.40. The average Bonchev–Trinajstić information content (AvgIpc) is 2.89. The molecule has 0 saturated carbocycles. The number of hydrogen-bond donors (Lipinski definition) is 0. The number of sulfonamides is 1. The zero-order valence-electron chi connectivity index (χ0n) is 15.8. The minimum Gasteiger partial charge on any atom is -0.497 e. The molecule has 7 nitrogen and oxygen atoms in total. The van der Waals surface area contributed by atoms with E-state index in [4.69, 9.17) is 4.74 Å². The summed E-state index contributed by atoms with van der Waals surface area (Å²) in [6, 6.07) is 13.6. The van der Waals surface area contributed by atoms with Crippen LogP contribution in [0.25, 0.3) is 0 Å². The van der Waals surface area contributed by atoms with E-state index in [-0.39, 0.29) is 35.8 Å². The molecule has 0 spiro atoms. The Labute approximate surface area is 164 Å². The standard InChI is InChI=1S/C20H22N2O5S/c1-21(14-15-9-11-16(27-2)12-10-15)19(23)8-5-13-22-20(24)17-6-3-4-7-18(17)28(22,25)26/h3-4,6-7,9-12H,5,8,13-14H2,1-2H3. The molecule has 0 bridgehead atoms. The number of benzene rings is 2. The molecule has 2 amide bonds. The van der Waals surface area contributed by atoms with E-state index in [2.05, 4.69) is 0 Å². The van der Waals surface area contributed by atoms with Crippen LogP contribution in [0.15, 0.2) is 53.4 Å². The van der Waals surface area contributed by atoms with Crippen molar-refractivity contribution in [2.75, 3.05) is 20.7 Å². The molecule has 1 aliphatic rings. The summed E-state index contributed by atoms with van der Waals surface area (Å²) in [6.07, 6.45) is 0.424. The summed E-state index contributed by atoms with van der Waals surface area (Å²) in [5.74, 6) is 0.0993. The van der Waals surface area contributed by atoms with Crippen LogP contribution in [-0.4, -0.2) is 50.1 Å². The molecule has 1 aliphatic heterocycles. The Kier molecular flexibility index (Phi) is 5.69. The maximum absolute atomic E-state index is 12.5. The number of rotatable bonds is 7. The van der Waals surface area contributed by atoms with E-state index in [1.54, 1.807) is 31.2 Å². The van der Waals surface area contributed by atoms with Gasteiger partial charge in [0.25, 0.3) is 15.9 Å². The molecular formula is C20H22N2O5S. The van der Waals surface area contributed by atoms with Crippen LogP contribution in [0.3, 0.4) is 0 Å². The van der Waals surface area contributed by atoms with Gasteiger partial charge < -0.3 is 9.64 Å². The molecule has 0 atom stereocenters. The second-order valence-electron chi connectivity index (χ2n) is 6.58. The molecule has 0 N–H and O–H groups in total. The van der Waals surface area contributed by atoms with Crippen molar-refractivity contribution in [1.29, 1.82) is 0 Å². The fraction of sp³-hybridized carbons (Fsp3) is 0.300. The Bertz CT molecular complexity index is 986. The Morgan fingerprint density at radius 3 is 2.43 bits per heavy atom. The van der Waals surface area contributed by atoms with Crippen molar-refractivity contribution in [1.82, 2.24) is 9.21 Å². The van der Waals surface area contributed by atoms with Gasteiger partial charge in [0, 0.05) is 26.6 Å². The Morgan fingerprint density at radius 2 is 1.79 bits per heavy atom. The molecule has 2 aromatic rings. The quantitative estimate of drug-likeness (QED) is 0.709. The Morgan fingerprint density at radius 1 is 1.11 bits per heavy atom. The number of amides is 2. The van der Waals surface area contributed by atoms with Crippen molar-refractivity contribution in [3.63, 3.8) is 0 Å². The average molecular weight is 402 g/mol. The summed E-state index contributed by atoms with van der Waals surface area (Å²) in [7, 11) is -0.536. The van der Waals surface area contributed by atoms with E-state index >= 15 is 0 Å². The molecule has 0 fully saturated rings. The third-order valence-corrected chi connectivity index (χ3v) is 6.51. The first kappa shape index (κ1) is 19.9. The van der Waals surface area contributed by atoms with Gasteiger partial charge in [0.15, 0.2) is 0 Å². The number of carbonyl (C=O) groups excluding carboxylic acids is 2. The largest absolute Gasteiger partial charge is 0.497 e. The molecule has 8 heteroatoms. The van der Waals surface area contributed by atoms with E-state index in [9.17, 15) is 18.0 Å². The summed E-state index contributed by atoms with van der Waals surface area (Å²) in [5, 5.41) is 0. The van der Waals surface area contributed by atoms with E-state index in [1.807, 2.05) is 24.3 Å². The fourth-order valence-electron chi connectivity index (χ4n) is 3.11. The van der Waals surface area contributed by atoms with Gasteiger partial charge in [-0.15, -0.1) is 0 Å². The lowest BCUT2D eigenvalue weighted by molar-refractivity contribution is -0.130. The van der Waals surface area contributed by atoms with Gasteiger partial charge in [0.05, 0.1) is 12.7 Å². The molecule has 0 radical (unpaired) electrons. The molecule has 0 saturated heterocycles. The fourth-order valence-corrected chi connectivity index (χ4v) is 4.72. The van der Waals surface area contributed by atoms with E-state index in [1.165, 1.54) is 12.1 Å². The lowest BCUT2D eigenvalue weighted by Crippen LogP contribution is -2.32. The highest BCUT2D eigenvalue weighted by atomic mass is 32.2. The van der Waals surface area contributed by atoms with Crippen LogP contribution in [0.2, 0.25) is 0 Å². The number of carbonyl (C=O) groups is 2. The number of nitrogens with zero attached hydrogens (tertiary/aromatic N) is 2. The number of hydrogen-bond acceptors (Lipinski definition) is 5. The van der Waals surface area contributed by atoms with Crippen LogP contribution < -0.4 is 4.74 Å². The zero-order chi connectivity index (χ0) is 20.3. The van der Waals surface area contributed by atoms with Gasteiger partial charge in [-0.05, 0) is 36.2 Å². The molecular weight excluding hydrogens is 380 g/mol. The third-order valence-electron chi connectivity index (χ3n) is 4.67. The van der Waals surface area contributed by atoms with E-state index in [0.717, 1.165) is 15.6 Å². The van der Waals surface area contributed by atoms with E-state index in [0.29, 0.717) is 6.54 Å². The molecule has 0 aliphatic carbocycles. The number of fused-ring (bicyclic) bond motifs is 1. The van der Waals surface area contributed by atoms with Crippen molar-refractivity contribution in [3.8, 4) is 5.75 Å². The third kappa shape index (κ3) is 3.87.